The number of rotatable bonds is 7. The molecule has 0 unspecified atom stereocenters. The van der Waals surface area contributed by atoms with Crippen LogP contribution in [0.3, 0.4) is 0 Å². The van der Waals surface area contributed by atoms with Crippen LogP contribution in [0.5, 0.6) is 6.01 Å². The first kappa shape index (κ1) is 13.5. The van der Waals surface area contributed by atoms with Gasteiger partial charge < -0.3 is 15.8 Å². The third-order valence-corrected chi connectivity index (χ3v) is 3.08. The molecule has 0 radical (unpaired) electrons. The lowest BCUT2D eigenvalue weighted by molar-refractivity contribution is 0.292. The Morgan fingerprint density at radius 1 is 1.37 bits per heavy atom. The van der Waals surface area contributed by atoms with Gasteiger partial charge in [0, 0.05) is 6.54 Å². The Bertz CT molecular complexity index is 503. The van der Waals surface area contributed by atoms with Crippen molar-refractivity contribution in [3.05, 3.63) is 22.4 Å². The largest absolute Gasteiger partial charge is 0.463 e. The molecule has 0 aliphatic carbocycles. The summed E-state index contributed by atoms with van der Waals surface area (Å²) < 4.78 is 5.35. The molecule has 19 heavy (non-hydrogen) atoms. The summed E-state index contributed by atoms with van der Waals surface area (Å²) in [7, 11) is 0. The molecule has 0 aliphatic heterocycles. The van der Waals surface area contributed by atoms with Crippen LogP contribution in [0.2, 0.25) is 0 Å². The Hall–Kier alpha value is -1.89. The Labute approximate surface area is 116 Å². The second-order valence-corrected chi connectivity index (χ2v) is 4.74. The molecule has 102 valence electrons. The zero-order valence-corrected chi connectivity index (χ0v) is 11.6. The van der Waals surface area contributed by atoms with Crippen molar-refractivity contribution in [1.82, 2.24) is 15.0 Å². The van der Waals surface area contributed by atoms with Gasteiger partial charge >= 0.3 is 6.01 Å². The second kappa shape index (κ2) is 6.89. The minimum absolute atomic E-state index is 0.166. The van der Waals surface area contributed by atoms with Crippen molar-refractivity contribution >= 4 is 23.2 Å². The lowest BCUT2D eigenvalue weighted by Crippen LogP contribution is -2.11. The maximum Gasteiger partial charge on any atom is 0.323 e. The van der Waals surface area contributed by atoms with Crippen molar-refractivity contribution in [3.8, 4) is 6.01 Å². The van der Waals surface area contributed by atoms with E-state index < -0.39 is 0 Å². The number of hydrogen-bond acceptors (Lipinski definition) is 7. The van der Waals surface area contributed by atoms with Crippen molar-refractivity contribution < 1.29 is 4.74 Å². The zero-order valence-electron chi connectivity index (χ0n) is 10.8. The number of nitrogen functional groups attached to an aromatic ring is 1. The first-order valence-corrected chi connectivity index (χ1v) is 7.11. The smallest absolute Gasteiger partial charge is 0.323 e. The van der Waals surface area contributed by atoms with Gasteiger partial charge in [-0.05, 0) is 35.2 Å². The number of anilines is 2. The number of ether oxygens (including phenoxy) is 1. The minimum atomic E-state index is 0.166. The molecule has 0 spiro atoms. The van der Waals surface area contributed by atoms with E-state index in [9.17, 15) is 0 Å². The molecule has 0 amide bonds. The van der Waals surface area contributed by atoms with E-state index in [1.165, 1.54) is 5.56 Å². The lowest BCUT2D eigenvalue weighted by atomic mass is 10.2. The summed E-state index contributed by atoms with van der Waals surface area (Å²) in [6.45, 7) is 3.33. The van der Waals surface area contributed by atoms with Crippen molar-refractivity contribution in [2.75, 3.05) is 24.2 Å². The molecule has 2 aromatic rings. The summed E-state index contributed by atoms with van der Waals surface area (Å²) in [6.07, 6.45) is 1.81. The molecule has 0 aliphatic rings. The Morgan fingerprint density at radius 2 is 2.26 bits per heavy atom. The van der Waals surface area contributed by atoms with E-state index in [4.69, 9.17) is 10.5 Å². The number of aromatic nitrogens is 3. The monoisotopic (exact) mass is 279 g/mol. The van der Waals surface area contributed by atoms with Gasteiger partial charge in [-0.1, -0.05) is 6.92 Å². The summed E-state index contributed by atoms with van der Waals surface area (Å²) >= 11 is 1.69. The molecule has 2 heterocycles. The molecule has 0 fully saturated rings. The average Bonchev–Trinajstić information content (AvgIpc) is 2.89. The fraction of sp³-hybridized carbons (Fsp3) is 0.417. The second-order valence-electron chi connectivity index (χ2n) is 3.96. The van der Waals surface area contributed by atoms with Gasteiger partial charge in [0.2, 0.25) is 11.9 Å². The maximum absolute atomic E-state index is 5.62. The zero-order chi connectivity index (χ0) is 13.5. The summed E-state index contributed by atoms with van der Waals surface area (Å²) in [5.74, 6) is 0.618. The first-order valence-electron chi connectivity index (χ1n) is 6.17. The topological polar surface area (TPSA) is 86.0 Å². The van der Waals surface area contributed by atoms with Crippen LogP contribution >= 0.6 is 11.3 Å². The summed E-state index contributed by atoms with van der Waals surface area (Å²) in [6, 6.07) is 2.37. The SMILES string of the molecule is CCCOc1nc(N)nc(NCCc2ccsc2)n1. The van der Waals surface area contributed by atoms with Crippen LogP contribution in [-0.4, -0.2) is 28.1 Å². The predicted octanol–water partition coefficient (Wildman–Crippen LogP) is 1.96. The predicted molar refractivity (Wildman–Crippen MR) is 76.5 cm³/mol. The van der Waals surface area contributed by atoms with E-state index in [0.29, 0.717) is 12.6 Å². The van der Waals surface area contributed by atoms with Gasteiger partial charge in [-0.2, -0.15) is 26.3 Å². The minimum Gasteiger partial charge on any atom is -0.463 e. The van der Waals surface area contributed by atoms with Gasteiger partial charge in [0.05, 0.1) is 6.61 Å². The van der Waals surface area contributed by atoms with Gasteiger partial charge in [-0.3, -0.25) is 0 Å². The third kappa shape index (κ3) is 4.36. The summed E-state index contributed by atoms with van der Waals surface area (Å²) in [5, 5.41) is 7.31. The maximum atomic E-state index is 5.62. The van der Waals surface area contributed by atoms with E-state index in [1.807, 2.05) is 6.92 Å². The fourth-order valence-electron chi connectivity index (χ4n) is 1.46. The van der Waals surface area contributed by atoms with Gasteiger partial charge in [0.1, 0.15) is 0 Å². The van der Waals surface area contributed by atoms with Crippen molar-refractivity contribution in [3.63, 3.8) is 0 Å². The molecular weight excluding hydrogens is 262 g/mol. The molecule has 6 nitrogen and oxygen atoms in total. The van der Waals surface area contributed by atoms with Gasteiger partial charge in [-0.25, -0.2) is 0 Å². The van der Waals surface area contributed by atoms with E-state index in [-0.39, 0.29) is 12.0 Å². The first-order chi connectivity index (χ1) is 9.28. The number of thiophene rings is 1. The summed E-state index contributed by atoms with van der Waals surface area (Å²) in [5.41, 5.74) is 6.91. The van der Waals surface area contributed by atoms with E-state index >= 15 is 0 Å². The molecule has 0 saturated heterocycles. The van der Waals surface area contributed by atoms with Crippen LogP contribution in [0.25, 0.3) is 0 Å². The standard InChI is InChI=1S/C12H17N5OS/c1-2-6-18-12-16-10(13)15-11(17-12)14-5-3-9-4-7-19-8-9/h4,7-8H,2-3,5-6H2,1H3,(H3,13,14,15,16,17). The molecule has 0 atom stereocenters. The summed E-state index contributed by atoms with van der Waals surface area (Å²) in [4.78, 5) is 12.1. The van der Waals surface area contributed by atoms with Crippen LogP contribution in [0.1, 0.15) is 18.9 Å². The molecule has 7 heteroatoms. The van der Waals surface area contributed by atoms with E-state index in [1.54, 1.807) is 11.3 Å². The Morgan fingerprint density at radius 3 is 3.00 bits per heavy atom. The van der Waals surface area contributed by atoms with Gasteiger partial charge in [0.15, 0.2) is 0 Å². The van der Waals surface area contributed by atoms with Crippen molar-refractivity contribution in [2.45, 2.75) is 19.8 Å². The Balaban J connectivity index is 1.90. The molecule has 2 rings (SSSR count). The number of nitrogens with one attached hydrogen (secondary N) is 1. The fourth-order valence-corrected chi connectivity index (χ4v) is 2.17. The highest BCUT2D eigenvalue weighted by molar-refractivity contribution is 7.07. The number of nitrogens with zero attached hydrogens (tertiary/aromatic N) is 3. The highest BCUT2D eigenvalue weighted by Crippen LogP contribution is 2.10. The molecular formula is C12H17N5OS. The van der Waals surface area contributed by atoms with E-state index in [0.717, 1.165) is 19.4 Å². The Kier molecular flexibility index (Phi) is 4.91. The average molecular weight is 279 g/mol. The van der Waals surface area contributed by atoms with Crippen LogP contribution in [0, 0.1) is 0 Å². The number of hydrogen-bond donors (Lipinski definition) is 2. The van der Waals surface area contributed by atoms with Crippen LogP contribution in [-0.2, 0) is 6.42 Å². The molecule has 3 N–H and O–H groups in total. The molecule has 0 bridgehead atoms. The molecule has 0 aromatic carbocycles. The normalized spacial score (nSPS) is 10.4. The lowest BCUT2D eigenvalue weighted by Gasteiger charge is -2.07. The molecule has 2 aromatic heterocycles. The van der Waals surface area contributed by atoms with Crippen LogP contribution < -0.4 is 15.8 Å². The third-order valence-electron chi connectivity index (χ3n) is 2.34. The van der Waals surface area contributed by atoms with Crippen molar-refractivity contribution in [1.29, 1.82) is 0 Å². The highest BCUT2D eigenvalue weighted by atomic mass is 32.1. The quantitative estimate of drug-likeness (QED) is 0.805. The van der Waals surface area contributed by atoms with Crippen LogP contribution in [0.4, 0.5) is 11.9 Å². The van der Waals surface area contributed by atoms with Gasteiger partial charge in [0.25, 0.3) is 0 Å². The van der Waals surface area contributed by atoms with E-state index in [2.05, 4.69) is 37.1 Å². The van der Waals surface area contributed by atoms with Crippen molar-refractivity contribution in [2.24, 2.45) is 0 Å². The van der Waals surface area contributed by atoms with Gasteiger partial charge in [-0.15, -0.1) is 0 Å². The van der Waals surface area contributed by atoms with Crippen LogP contribution in [0.15, 0.2) is 16.8 Å². The highest BCUT2D eigenvalue weighted by Gasteiger charge is 2.04. The molecule has 0 saturated carbocycles. The number of nitrogens with two attached hydrogens (primary N) is 1.